The molecule has 0 aliphatic rings. The van der Waals surface area contributed by atoms with E-state index in [4.69, 9.17) is 4.55 Å². The number of nitrogens with one attached hydrogen (secondary N) is 2. The number of pyridine rings is 1. The number of sulfonamides is 1. The van der Waals surface area contributed by atoms with Gasteiger partial charge in [-0.25, -0.2) is 13.2 Å². The SMILES string of the molecule is Cc1cnccc1-c1cccc([C@H](C)N(CCCCNC(=O)NCS(=O)(=O)O)S(=O)(=O)c2ccccc2C(F)(F)F)c1. The highest BCUT2D eigenvalue weighted by Gasteiger charge is 2.40. The minimum atomic E-state index is -4.91. The minimum Gasteiger partial charge on any atom is -0.338 e. The fraction of sp³-hybridized carbons (Fsp3) is 0.333. The number of alkyl halides is 3. The number of urea groups is 1. The predicted octanol–water partition coefficient (Wildman–Crippen LogP) is 4.75. The standard InChI is InChI=1S/C27H31F3N4O6S2/c1-19-17-31-14-12-23(19)22-9-7-8-21(16-22)20(2)34(15-6-5-13-32-26(35)33-18-41(36,37)38)42(39,40)25-11-4-3-10-24(25)27(28,29)30/h3-4,7-12,14,16-17,20H,5-6,13,15,18H2,1-2H3,(H2,32,33,35)(H,36,37,38)/t20-/m0/s1. The van der Waals surface area contributed by atoms with Gasteiger partial charge < -0.3 is 10.6 Å². The first-order valence-corrected chi connectivity index (χ1v) is 15.8. The van der Waals surface area contributed by atoms with E-state index in [1.54, 1.807) is 37.5 Å². The van der Waals surface area contributed by atoms with Crippen molar-refractivity contribution in [1.82, 2.24) is 19.9 Å². The molecule has 1 aromatic heterocycles. The smallest absolute Gasteiger partial charge is 0.338 e. The van der Waals surface area contributed by atoms with E-state index < -0.39 is 54.7 Å². The highest BCUT2D eigenvalue weighted by atomic mass is 32.2. The molecule has 0 spiro atoms. The summed E-state index contributed by atoms with van der Waals surface area (Å²) in [4.78, 5) is 14.9. The van der Waals surface area contributed by atoms with Gasteiger partial charge in [0, 0.05) is 31.5 Å². The normalized spacial score (nSPS) is 13.1. The van der Waals surface area contributed by atoms with E-state index in [1.165, 1.54) is 6.07 Å². The summed E-state index contributed by atoms with van der Waals surface area (Å²) in [6.07, 6.45) is -1.22. The summed E-state index contributed by atoms with van der Waals surface area (Å²) in [5, 5.41) is 4.32. The third kappa shape index (κ3) is 8.74. The molecule has 1 atom stereocenters. The second kappa shape index (κ2) is 13.6. The zero-order valence-electron chi connectivity index (χ0n) is 22.8. The Morgan fingerprint density at radius 1 is 1.02 bits per heavy atom. The molecular weight excluding hydrogens is 597 g/mol. The number of unbranched alkanes of at least 4 members (excludes halogenated alkanes) is 1. The van der Waals surface area contributed by atoms with Crippen LogP contribution < -0.4 is 10.6 Å². The number of benzene rings is 2. The Hall–Kier alpha value is -3.53. The summed E-state index contributed by atoms with van der Waals surface area (Å²) in [5.74, 6) is -0.987. The number of halogens is 3. The number of hydrogen-bond donors (Lipinski definition) is 3. The first-order chi connectivity index (χ1) is 19.6. The molecule has 0 saturated carbocycles. The van der Waals surface area contributed by atoms with Crippen molar-refractivity contribution < 1.29 is 39.4 Å². The Balaban J connectivity index is 1.89. The highest BCUT2D eigenvalue weighted by Crippen LogP contribution is 2.38. The third-order valence-electron chi connectivity index (χ3n) is 6.42. The summed E-state index contributed by atoms with van der Waals surface area (Å²) >= 11 is 0. The van der Waals surface area contributed by atoms with Crippen LogP contribution in [-0.2, 0) is 26.3 Å². The van der Waals surface area contributed by atoms with Crippen molar-refractivity contribution in [3.8, 4) is 11.1 Å². The van der Waals surface area contributed by atoms with Crippen LogP contribution in [0.2, 0.25) is 0 Å². The number of carbonyl (C=O) groups excluding carboxylic acids is 1. The van der Waals surface area contributed by atoms with Gasteiger partial charge in [-0.2, -0.15) is 25.9 Å². The molecule has 15 heteroatoms. The summed E-state index contributed by atoms with van der Waals surface area (Å²) < 4.78 is 100. The number of amides is 2. The van der Waals surface area contributed by atoms with Crippen molar-refractivity contribution in [3.05, 3.63) is 83.7 Å². The number of nitrogens with zero attached hydrogens (tertiary/aromatic N) is 2. The van der Waals surface area contributed by atoms with Gasteiger partial charge in [0.25, 0.3) is 10.1 Å². The average molecular weight is 629 g/mol. The molecule has 228 valence electrons. The third-order valence-corrected chi connectivity index (χ3v) is 8.95. The molecule has 2 amide bonds. The minimum absolute atomic E-state index is 0.00945. The van der Waals surface area contributed by atoms with Crippen LogP contribution in [0.1, 0.15) is 42.5 Å². The van der Waals surface area contributed by atoms with Crippen molar-refractivity contribution in [2.75, 3.05) is 19.0 Å². The number of hydrogen-bond acceptors (Lipinski definition) is 6. The Kier molecular flexibility index (Phi) is 10.7. The fourth-order valence-corrected chi connectivity index (χ4v) is 6.50. The molecule has 0 aliphatic heterocycles. The van der Waals surface area contributed by atoms with E-state index in [9.17, 15) is 34.8 Å². The van der Waals surface area contributed by atoms with Gasteiger partial charge in [0.05, 0.1) is 10.5 Å². The summed E-state index contributed by atoms with van der Waals surface area (Å²) in [7, 11) is -9.08. The van der Waals surface area contributed by atoms with E-state index in [0.717, 1.165) is 39.2 Å². The van der Waals surface area contributed by atoms with Gasteiger partial charge in [0.15, 0.2) is 0 Å². The summed E-state index contributed by atoms with van der Waals surface area (Å²) in [6, 6.07) is 11.1. The Bertz CT molecular complexity index is 1620. The lowest BCUT2D eigenvalue weighted by Crippen LogP contribution is -2.39. The Morgan fingerprint density at radius 3 is 2.40 bits per heavy atom. The van der Waals surface area contributed by atoms with Gasteiger partial charge in [-0.3, -0.25) is 9.54 Å². The molecule has 42 heavy (non-hydrogen) atoms. The molecule has 0 fully saturated rings. The molecule has 10 nitrogen and oxygen atoms in total. The second-order valence-electron chi connectivity index (χ2n) is 9.47. The van der Waals surface area contributed by atoms with Crippen LogP contribution in [-0.4, -0.2) is 55.7 Å². The first-order valence-electron chi connectivity index (χ1n) is 12.8. The molecule has 0 radical (unpaired) electrons. The van der Waals surface area contributed by atoms with Crippen LogP contribution in [0, 0.1) is 6.92 Å². The first kappa shape index (κ1) is 33.0. The van der Waals surface area contributed by atoms with Gasteiger partial charge in [0.1, 0.15) is 5.88 Å². The van der Waals surface area contributed by atoms with Crippen molar-refractivity contribution in [2.45, 2.75) is 43.8 Å². The monoisotopic (exact) mass is 628 g/mol. The van der Waals surface area contributed by atoms with Crippen molar-refractivity contribution >= 4 is 26.2 Å². The van der Waals surface area contributed by atoms with Gasteiger partial charge >= 0.3 is 12.2 Å². The zero-order valence-corrected chi connectivity index (χ0v) is 24.4. The Morgan fingerprint density at radius 2 is 1.74 bits per heavy atom. The van der Waals surface area contributed by atoms with Gasteiger partial charge in [-0.05, 0) is 73.2 Å². The second-order valence-corrected chi connectivity index (χ2v) is 12.8. The van der Waals surface area contributed by atoms with Crippen LogP contribution in [0.3, 0.4) is 0 Å². The summed E-state index contributed by atoms with van der Waals surface area (Å²) in [5.41, 5.74) is 1.82. The summed E-state index contributed by atoms with van der Waals surface area (Å²) in [6.45, 7) is 3.30. The molecule has 3 N–H and O–H groups in total. The van der Waals surface area contributed by atoms with E-state index in [1.807, 2.05) is 24.4 Å². The predicted molar refractivity (Wildman–Crippen MR) is 150 cm³/mol. The Labute approximate surface area is 242 Å². The molecule has 3 rings (SSSR count). The molecule has 0 unspecified atom stereocenters. The van der Waals surface area contributed by atoms with Crippen LogP contribution in [0.15, 0.2) is 71.9 Å². The maximum absolute atomic E-state index is 13.8. The van der Waals surface area contributed by atoms with E-state index in [-0.39, 0.29) is 25.9 Å². The quantitative estimate of drug-likeness (QED) is 0.194. The van der Waals surface area contributed by atoms with Crippen molar-refractivity contribution in [1.29, 1.82) is 0 Å². The van der Waals surface area contributed by atoms with E-state index in [2.05, 4.69) is 10.3 Å². The maximum Gasteiger partial charge on any atom is 0.417 e. The van der Waals surface area contributed by atoms with Crippen molar-refractivity contribution in [3.63, 3.8) is 0 Å². The molecular formula is C27H31F3N4O6S2. The maximum atomic E-state index is 13.8. The van der Waals surface area contributed by atoms with Crippen LogP contribution in [0.25, 0.3) is 11.1 Å². The van der Waals surface area contributed by atoms with Gasteiger partial charge in [-0.15, -0.1) is 0 Å². The number of rotatable bonds is 12. The van der Waals surface area contributed by atoms with Crippen LogP contribution >= 0.6 is 0 Å². The molecule has 0 bridgehead atoms. The highest BCUT2D eigenvalue weighted by molar-refractivity contribution is 7.89. The average Bonchev–Trinajstić information content (AvgIpc) is 2.93. The molecule has 0 aliphatic carbocycles. The lowest BCUT2D eigenvalue weighted by molar-refractivity contribution is -0.139. The molecule has 1 heterocycles. The molecule has 0 saturated heterocycles. The topological polar surface area (TPSA) is 146 Å². The van der Waals surface area contributed by atoms with E-state index in [0.29, 0.717) is 5.56 Å². The number of carbonyl (C=O) groups is 1. The zero-order chi connectivity index (χ0) is 31.1. The molecule has 2 aromatic carbocycles. The number of aryl methyl sites for hydroxylation is 1. The van der Waals surface area contributed by atoms with Gasteiger partial charge in [0.2, 0.25) is 10.0 Å². The largest absolute Gasteiger partial charge is 0.417 e. The van der Waals surface area contributed by atoms with E-state index >= 15 is 0 Å². The molecule has 3 aromatic rings. The lowest BCUT2D eigenvalue weighted by Gasteiger charge is -2.30. The lowest BCUT2D eigenvalue weighted by atomic mass is 9.98. The fourth-order valence-electron chi connectivity index (χ4n) is 4.32. The van der Waals surface area contributed by atoms with Crippen LogP contribution in [0.4, 0.5) is 18.0 Å². The van der Waals surface area contributed by atoms with Gasteiger partial charge in [-0.1, -0.05) is 30.3 Å². The number of aromatic nitrogens is 1. The van der Waals surface area contributed by atoms with Crippen LogP contribution in [0.5, 0.6) is 0 Å². The van der Waals surface area contributed by atoms with Crippen molar-refractivity contribution in [2.24, 2.45) is 0 Å².